The van der Waals surface area contributed by atoms with E-state index in [0.717, 1.165) is 24.0 Å². The summed E-state index contributed by atoms with van der Waals surface area (Å²) in [6, 6.07) is 17.5. The van der Waals surface area contributed by atoms with E-state index in [1.807, 2.05) is 6.07 Å². The maximum absolute atomic E-state index is 12.6. The second kappa shape index (κ2) is 9.45. The zero-order chi connectivity index (χ0) is 21.6. The highest BCUT2D eigenvalue weighted by Gasteiger charge is 2.30. The average molecular weight is 431 g/mol. The van der Waals surface area contributed by atoms with Gasteiger partial charge < -0.3 is 10.6 Å². The number of carbonyl (C=O) groups excluding carboxylic acids is 2. The van der Waals surface area contributed by atoms with Crippen LogP contribution in [0.5, 0.6) is 0 Å². The molecular formula is C21H16F3N3O2S. The van der Waals surface area contributed by atoms with Gasteiger partial charge in [0.25, 0.3) is 5.91 Å². The Morgan fingerprint density at radius 2 is 1.60 bits per heavy atom. The van der Waals surface area contributed by atoms with Gasteiger partial charge in [-0.25, -0.2) is 4.98 Å². The van der Waals surface area contributed by atoms with Crippen molar-refractivity contribution in [2.75, 3.05) is 16.4 Å². The molecule has 0 saturated carbocycles. The molecule has 0 atom stereocenters. The number of halogens is 3. The number of hydrogen-bond donors (Lipinski definition) is 2. The summed E-state index contributed by atoms with van der Waals surface area (Å²) in [6.07, 6.45) is -3.74. The molecule has 3 rings (SSSR count). The first-order valence-electron chi connectivity index (χ1n) is 8.74. The van der Waals surface area contributed by atoms with Crippen LogP contribution in [-0.4, -0.2) is 22.6 Å². The number of nitrogens with zero attached hydrogens (tertiary/aromatic N) is 1. The molecule has 2 aromatic carbocycles. The summed E-state index contributed by atoms with van der Waals surface area (Å²) in [4.78, 5) is 28.5. The zero-order valence-corrected chi connectivity index (χ0v) is 16.3. The lowest BCUT2D eigenvalue weighted by atomic mass is 10.1. The van der Waals surface area contributed by atoms with Gasteiger partial charge in [-0.1, -0.05) is 42.1 Å². The molecule has 2 amide bonds. The monoisotopic (exact) mass is 431 g/mol. The average Bonchev–Trinajstić information content (AvgIpc) is 2.73. The molecule has 0 fully saturated rings. The van der Waals surface area contributed by atoms with Crippen LogP contribution in [0.3, 0.4) is 0 Å². The molecule has 0 aliphatic heterocycles. The predicted octanol–water partition coefficient (Wildman–Crippen LogP) is 5.08. The SMILES string of the molecule is O=C(CSc1ccc(C(F)(F)F)cn1)Nc1ccccc1C(=O)Nc1ccccc1. The summed E-state index contributed by atoms with van der Waals surface area (Å²) in [5, 5.41) is 5.69. The number of carbonyl (C=O) groups is 2. The molecule has 3 aromatic rings. The normalized spacial score (nSPS) is 11.0. The van der Waals surface area contributed by atoms with Crippen molar-refractivity contribution in [1.82, 2.24) is 4.98 Å². The predicted molar refractivity (Wildman–Crippen MR) is 109 cm³/mol. The van der Waals surface area contributed by atoms with E-state index < -0.39 is 17.6 Å². The summed E-state index contributed by atoms with van der Waals surface area (Å²) in [5.41, 5.74) is 0.381. The lowest BCUT2D eigenvalue weighted by Gasteiger charge is -2.11. The van der Waals surface area contributed by atoms with Crippen LogP contribution in [0.2, 0.25) is 0 Å². The number of benzene rings is 2. The van der Waals surface area contributed by atoms with Crippen LogP contribution in [0.1, 0.15) is 15.9 Å². The van der Waals surface area contributed by atoms with Gasteiger partial charge in [0, 0.05) is 11.9 Å². The number of amides is 2. The van der Waals surface area contributed by atoms with Crippen molar-refractivity contribution in [3.05, 3.63) is 84.1 Å². The number of thioether (sulfide) groups is 1. The minimum absolute atomic E-state index is 0.0764. The van der Waals surface area contributed by atoms with E-state index >= 15 is 0 Å². The molecule has 0 aliphatic rings. The lowest BCUT2D eigenvalue weighted by molar-refractivity contribution is -0.137. The molecule has 9 heteroatoms. The number of anilines is 2. The fraction of sp³-hybridized carbons (Fsp3) is 0.0952. The van der Waals surface area contributed by atoms with Crippen LogP contribution >= 0.6 is 11.8 Å². The Labute approximate surface area is 174 Å². The van der Waals surface area contributed by atoms with Gasteiger partial charge in [-0.15, -0.1) is 0 Å². The summed E-state index contributed by atoms with van der Waals surface area (Å²) >= 11 is 0.993. The van der Waals surface area contributed by atoms with Gasteiger partial charge in [0.1, 0.15) is 0 Å². The summed E-state index contributed by atoms with van der Waals surface area (Å²) < 4.78 is 37.7. The van der Waals surface area contributed by atoms with Crippen LogP contribution in [-0.2, 0) is 11.0 Å². The molecular weight excluding hydrogens is 415 g/mol. The van der Waals surface area contributed by atoms with Crippen LogP contribution in [0.15, 0.2) is 78.0 Å². The van der Waals surface area contributed by atoms with Gasteiger partial charge in [-0.2, -0.15) is 13.2 Å². The van der Waals surface area contributed by atoms with Gasteiger partial charge in [0.05, 0.1) is 27.6 Å². The number of aromatic nitrogens is 1. The third-order valence-corrected chi connectivity index (χ3v) is 4.84. The van der Waals surface area contributed by atoms with Crippen LogP contribution < -0.4 is 10.6 Å². The molecule has 0 saturated heterocycles. The number of nitrogens with one attached hydrogen (secondary N) is 2. The van der Waals surface area contributed by atoms with Gasteiger partial charge in [-0.3, -0.25) is 9.59 Å². The van der Waals surface area contributed by atoms with Crippen molar-refractivity contribution >= 4 is 35.0 Å². The fourth-order valence-corrected chi connectivity index (χ4v) is 3.11. The topological polar surface area (TPSA) is 71.1 Å². The quantitative estimate of drug-likeness (QED) is 0.534. The first-order chi connectivity index (χ1) is 14.3. The van der Waals surface area contributed by atoms with E-state index in [-0.39, 0.29) is 22.2 Å². The van der Waals surface area contributed by atoms with E-state index in [4.69, 9.17) is 0 Å². The molecule has 30 heavy (non-hydrogen) atoms. The van der Waals surface area contributed by atoms with E-state index in [9.17, 15) is 22.8 Å². The summed E-state index contributed by atoms with van der Waals surface area (Å²) in [6.45, 7) is 0. The van der Waals surface area contributed by atoms with Crippen molar-refractivity contribution in [3.8, 4) is 0 Å². The van der Waals surface area contributed by atoms with Crippen molar-refractivity contribution in [2.24, 2.45) is 0 Å². The standard InChI is InChI=1S/C21H16F3N3O2S/c22-21(23,24)14-10-11-19(25-12-14)30-13-18(28)27-17-9-5-4-8-16(17)20(29)26-15-6-2-1-3-7-15/h1-12H,13H2,(H,26,29)(H,27,28). The summed E-state index contributed by atoms with van der Waals surface area (Å²) in [5.74, 6) is -0.872. The van der Waals surface area contributed by atoms with E-state index in [1.54, 1.807) is 48.5 Å². The first kappa shape index (κ1) is 21.4. The van der Waals surface area contributed by atoms with Gasteiger partial charge in [-0.05, 0) is 36.4 Å². The van der Waals surface area contributed by atoms with Crippen molar-refractivity contribution in [1.29, 1.82) is 0 Å². The first-order valence-corrected chi connectivity index (χ1v) is 9.73. The highest BCUT2D eigenvalue weighted by Crippen LogP contribution is 2.29. The van der Waals surface area contributed by atoms with Crippen molar-refractivity contribution in [3.63, 3.8) is 0 Å². The minimum Gasteiger partial charge on any atom is -0.325 e. The van der Waals surface area contributed by atoms with E-state index in [1.165, 1.54) is 6.07 Å². The van der Waals surface area contributed by atoms with E-state index in [2.05, 4.69) is 15.6 Å². The number of hydrogen-bond acceptors (Lipinski definition) is 4. The Balaban J connectivity index is 1.61. The number of para-hydroxylation sites is 2. The van der Waals surface area contributed by atoms with Crippen LogP contribution in [0.4, 0.5) is 24.5 Å². The third kappa shape index (κ3) is 5.84. The van der Waals surface area contributed by atoms with Crippen LogP contribution in [0.25, 0.3) is 0 Å². The van der Waals surface area contributed by atoms with Crippen molar-refractivity contribution in [2.45, 2.75) is 11.2 Å². The number of alkyl halides is 3. The number of pyridine rings is 1. The van der Waals surface area contributed by atoms with Crippen molar-refractivity contribution < 1.29 is 22.8 Å². The third-order valence-electron chi connectivity index (χ3n) is 3.89. The minimum atomic E-state index is -4.46. The smallest absolute Gasteiger partial charge is 0.325 e. The van der Waals surface area contributed by atoms with Gasteiger partial charge in [0.2, 0.25) is 5.91 Å². The Morgan fingerprint density at radius 3 is 2.27 bits per heavy atom. The molecule has 1 heterocycles. The maximum atomic E-state index is 12.6. The molecule has 5 nitrogen and oxygen atoms in total. The number of rotatable bonds is 6. The van der Waals surface area contributed by atoms with Gasteiger partial charge in [0.15, 0.2) is 0 Å². The Bertz CT molecular complexity index is 1030. The molecule has 0 radical (unpaired) electrons. The van der Waals surface area contributed by atoms with Gasteiger partial charge >= 0.3 is 6.18 Å². The second-order valence-electron chi connectivity index (χ2n) is 6.09. The largest absolute Gasteiger partial charge is 0.417 e. The maximum Gasteiger partial charge on any atom is 0.417 e. The second-order valence-corrected chi connectivity index (χ2v) is 7.08. The fourth-order valence-electron chi connectivity index (χ4n) is 2.47. The Morgan fingerprint density at radius 1 is 0.900 bits per heavy atom. The summed E-state index contributed by atoms with van der Waals surface area (Å²) in [7, 11) is 0. The molecule has 1 aromatic heterocycles. The Kier molecular flexibility index (Phi) is 6.73. The lowest BCUT2D eigenvalue weighted by Crippen LogP contribution is -2.19. The highest BCUT2D eigenvalue weighted by atomic mass is 32.2. The molecule has 0 aliphatic carbocycles. The molecule has 2 N–H and O–H groups in total. The highest BCUT2D eigenvalue weighted by molar-refractivity contribution is 7.99. The van der Waals surface area contributed by atoms with E-state index in [0.29, 0.717) is 11.4 Å². The zero-order valence-electron chi connectivity index (χ0n) is 15.4. The molecule has 0 unspecified atom stereocenters. The molecule has 0 bridgehead atoms. The molecule has 154 valence electrons. The Hall–Kier alpha value is -3.33. The molecule has 0 spiro atoms. The van der Waals surface area contributed by atoms with Crippen LogP contribution in [0, 0.1) is 0 Å².